The fraction of sp³-hybridized carbons (Fsp3) is 0.250. The summed E-state index contributed by atoms with van der Waals surface area (Å²) in [6.45, 7) is 3.70. The van der Waals surface area contributed by atoms with Crippen LogP contribution in [0.4, 0.5) is 15.2 Å². The lowest BCUT2D eigenvalue weighted by molar-refractivity contribution is -0.114. The summed E-state index contributed by atoms with van der Waals surface area (Å²) in [7, 11) is -4.13. The Hall–Kier alpha value is -2.70. The quantitative estimate of drug-likeness (QED) is 0.334. The van der Waals surface area contributed by atoms with Crippen molar-refractivity contribution < 1.29 is 22.3 Å². The molecular weight excluding hydrogens is 475 g/mol. The van der Waals surface area contributed by atoms with E-state index in [-0.39, 0.29) is 15.7 Å². The minimum Gasteiger partial charge on any atom is -0.494 e. The number of hydrogen-bond donors (Lipinski definition) is 1. The van der Waals surface area contributed by atoms with Crippen molar-refractivity contribution >= 4 is 49.8 Å². The lowest BCUT2D eigenvalue weighted by Crippen LogP contribution is -2.38. The van der Waals surface area contributed by atoms with Gasteiger partial charge in [0.25, 0.3) is 10.0 Å². The highest BCUT2D eigenvalue weighted by molar-refractivity contribution is 8.01. The number of carbonyl (C=O) groups is 1. The molecule has 2 aromatic carbocycles. The molecule has 170 valence electrons. The van der Waals surface area contributed by atoms with Gasteiger partial charge >= 0.3 is 0 Å². The van der Waals surface area contributed by atoms with Crippen molar-refractivity contribution in [2.45, 2.75) is 23.1 Å². The van der Waals surface area contributed by atoms with Crippen LogP contribution in [0, 0.1) is 5.82 Å². The first-order chi connectivity index (χ1) is 15.3. The lowest BCUT2D eigenvalue weighted by Gasteiger charge is -2.24. The van der Waals surface area contributed by atoms with Crippen LogP contribution in [0.3, 0.4) is 0 Å². The van der Waals surface area contributed by atoms with Crippen LogP contribution in [0.25, 0.3) is 0 Å². The standard InChI is InChI=1S/C20H21FN4O4S3/c1-3-29-16-9-11-17(12-10-16)32(27,28)25(15-7-5-14(21)6-8-15)13-18(26)22-19-23-24-20(31-19)30-4-2/h5-12H,3-4,13H2,1-2H3,(H,22,23,26). The molecule has 8 nitrogen and oxygen atoms in total. The van der Waals surface area contributed by atoms with Gasteiger partial charge in [-0.3, -0.25) is 14.4 Å². The van der Waals surface area contributed by atoms with Gasteiger partial charge in [-0.05, 0) is 61.2 Å². The number of nitrogens with one attached hydrogen (secondary N) is 1. The van der Waals surface area contributed by atoms with E-state index in [0.29, 0.717) is 16.7 Å². The normalized spacial score (nSPS) is 11.2. The van der Waals surface area contributed by atoms with Crippen molar-refractivity contribution in [2.75, 3.05) is 28.5 Å². The molecule has 3 aromatic rings. The minimum atomic E-state index is -4.13. The summed E-state index contributed by atoms with van der Waals surface area (Å²) >= 11 is 2.68. The fourth-order valence-electron chi connectivity index (χ4n) is 2.66. The molecule has 0 aliphatic carbocycles. The van der Waals surface area contributed by atoms with E-state index in [1.807, 2.05) is 13.8 Å². The summed E-state index contributed by atoms with van der Waals surface area (Å²) in [5.41, 5.74) is 0.148. The third-order valence-corrected chi connectivity index (χ3v) is 7.69. The SMILES string of the molecule is CCOc1ccc(S(=O)(=O)N(CC(=O)Nc2nnc(SCC)s2)c2ccc(F)cc2)cc1. The number of benzene rings is 2. The molecule has 3 rings (SSSR count). The number of halogens is 1. The van der Waals surface area contributed by atoms with Gasteiger partial charge in [-0.2, -0.15) is 0 Å². The first-order valence-electron chi connectivity index (χ1n) is 9.60. The maximum Gasteiger partial charge on any atom is 0.264 e. The van der Waals surface area contributed by atoms with Crippen LogP contribution >= 0.6 is 23.1 Å². The van der Waals surface area contributed by atoms with Gasteiger partial charge in [-0.1, -0.05) is 30.0 Å². The van der Waals surface area contributed by atoms with Crippen molar-refractivity contribution in [1.29, 1.82) is 0 Å². The predicted octanol–water partition coefficient (Wildman–Crippen LogP) is 4.02. The van der Waals surface area contributed by atoms with E-state index >= 15 is 0 Å². The average Bonchev–Trinajstić information content (AvgIpc) is 3.20. The molecule has 12 heteroatoms. The Balaban J connectivity index is 1.87. The van der Waals surface area contributed by atoms with Gasteiger partial charge in [0.15, 0.2) is 4.34 Å². The molecule has 0 radical (unpaired) electrons. The number of anilines is 2. The van der Waals surface area contributed by atoms with Gasteiger partial charge in [0.05, 0.1) is 17.2 Å². The van der Waals surface area contributed by atoms with E-state index < -0.39 is 28.3 Å². The fourth-order valence-corrected chi connectivity index (χ4v) is 5.74. The molecule has 1 heterocycles. The highest BCUT2D eigenvalue weighted by Crippen LogP contribution is 2.27. The van der Waals surface area contributed by atoms with Crippen LogP contribution in [-0.4, -0.2) is 43.4 Å². The van der Waals surface area contributed by atoms with Gasteiger partial charge in [0.2, 0.25) is 11.0 Å². The zero-order chi connectivity index (χ0) is 23.1. The van der Waals surface area contributed by atoms with Gasteiger partial charge < -0.3 is 4.74 Å². The number of nitrogens with zero attached hydrogens (tertiary/aromatic N) is 3. The molecule has 0 aliphatic heterocycles. The maximum atomic E-state index is 13.4. The van der Waals surface area contributed by atoms with Gasteiger partial charge in [0, 0.05) is 0 Å². The third kappa shape index (κ3) is 5.96. The number of rotatable bonds is 10. The first kappa shape index (κ1) is 24.0. The highest BCUT2D eigenvalue weighted by Gasteiger charge is 2.28. The van der Waals surface area contributed by atoms with Gasteiger partial charge in [-0.25, -0.2) is 12.8 Å². The number of hydrogen-bond acceptors (Lipinski definition) is 8. The lowest BCUT2D eigenvalue weighted by atomic mass is 10.3. The van der Waals surface area contributed by atoms with Crippen LogP contribution in [0.5, 0.6) is 5.75 Å². The number of amides is 1. The zero-order valence-corrected chi connectivity index (χ0v) is 19.8. The summed E-state index contributed by atoms with van der Waals surface area (Å²) in [5.74, 6) is 0.204. The molecule has 1 amide bonds. The molecule has 1 N–H and O–H groups in total. The summed E-state index contributed by atoms with van der Waals surface area (Å²) in [4.78, 5) is 12.6. The van der Waals surface area contributed by atoms with Crippen LogP contribution in [0.15, 0.2) is 57.8 Å². The zero-order valence-electron chi connectivity index (χ0n) is 17.3. The van der Waals surface area contributed by atoms with E-state index in [2.05, 4.69) is 15.5 Å². The summed E-state index contributed by atoms with van der Waals surface area (Å²) in [6.07, 6.45) is 0. The molecule has 0 atom stereocenters. The predicted molar refractivity (Wildman–Crippen MR) is 123 cm³/mol. The summed E-state index contributed by atoms with van der Waals surface area (Å²) in [6, 6.07) is 10.7. The number of ether oxygens (including phenoxy) is 1. The average molecular weight is 497 g/mol. The third-order valence-electron chi connectivity index (χ3n) is 4.05. The maximum absolute atomic E-state index is 13.4. The molecule has 0 spiro atoms. The van der Waals surface area contributed by atoms with Crippen molar-refractivity contribution in [3.63, 3.8) is 0 Å². The van der Waals surface area contributed by atoms with E-state index in [0.717, 1.165) is 22.2 Å². The molecule has 0 bridgehead atoms. The smallest absolute Gasteiger partial charge is 0.264 e. The number of thioether (sulfide) groups is 1. The van der Waals surface area contributed by atoms with Crippen molar-refractivity contribution in [3.05, 3.63) is 54.3 Å². The van der Waals surface area contributed by atoms with Gasteiger partial charge in [-0.15, -0.1) is 10.2 Å². The van der Waals surface area contributed by atoms with E-state index in [9.17, 15) is 17.6 Å². The molecule has 1 aromatic heterocycles. The Labute approximate surface area is 193 Å². The molecule has 0 saturated heterocycles. The molecule has 0 saturated carbocycles. The summed E-state index contributed by atoms with van der Waals surface area (Å²) < 4.78 is 47.1. The van der Waals surface area contributed by atoms with Gasteiger partial charge in [0.1, 0.15) is 18.1 Å². The van der Waals surface area contributed by atoms with Crippen LogP contribution < -0.4 is 14.4 Å². The second-order valence-corrected chi connectivity index (χ2v) is 10.6. The van der Waals surface area contributed by atoms with Crippen molar-refractivity contribution in [1.82, 2.24) is 10.2 Å². The largest absolute Gasteiger partial charge is 0.494 e. The Kier molecular flexibility index (Phi) is 8.04. The van der Waals surface area contributed by atoms with E-state index in [1.54, 1.807) is 0 Å². The van der Waals surface area contributed by atoms with Crippen LogP contribution in [0.2, 0.25) is 0 Å². The number of aromatic nitrogens is 2. The molecule has 0 unspecified atom stereocenters. The van der Waals surface area contributed by atoms with E-state index in [4.69, 9.17) is 4.74 Å². The minimum absolute atomic E-state index is 0.0318. The second kappa shape index (κ2) is 10.7. The number of carbonyl (C=O) groups excluding carboxylic acids is 1. The Morgan fingerprint density at radius 1 is 1.12 bits per heavy atom. The van der Waals surface area contributed by atoms with Crippen molar-refractivity contribution in [3.8, 4) is 5.75 Å². The monoisotopic (exact) mass is 496 g/mol. The van der Waals surface area contributed by atoms with Crippen LogP contribution in [0.1, 0.15) is 13.8 Å². The molecule has 0 fully saturated rings. The Morgan fingerprint density at radius 2 is 1.81 bits per heavy atom. The highest BCUT2D eigenvalue weighted by atomic mass is 32.2. The second-order valence-electron chi connectivity index (χ2n) is 6.25. The van der Waals surface area contributed by atoms with Crippen molar-refractivity contribution in [2.24, 2.45) is 0 Å². The summed E-state index contributed by atoms with van der Waals surface area (Å²) in [5, 5.41) is 10.7. The Bertz CT molecular complexity index is 1150. The van der Waals surface area contributed by atoms with Crippen LogP contribution in [-0.2, 0) is 14.8 Å². The Morgan fingerprint density at radius 3 is 2.44 bits per heavy atom. The van der Waals surface area contributed by atoms with E-state index in [1.165, 1.54) is 59.5 Å². The first-order valence-corrected chi connectivity index (χ1v) is 12.8. The molecule has 0 aliphatic rings. The topological polar surface area (TPSA) is 101 Å². The molecule has 32 heavy (non-hydrogen) atoms. The molecular formula is C20H21FN4O4S3. The number of sulfonamides is 1.